The average molecular weight is 210 g/mol. The smallest absolute Gasteiger partial charge is 0.330 e. The van der Waals surface area contributed by atoms with E-state index < -0.39 is 16.1 Å². The number of phosphoric acid groups is 1. The molecule has 0 N–H and O–H groups in total. The van der Waals surface area contributed by atoms with E-state index in [1.807, 2.05) is 19.6 Å². The van der Waals surface area contributed by atoms with Crippen molar-refractivity contribution in [2.24, 2.45) is 0 Å². The second-order valence-corrected chi connectivity index (χ2v) is 10.0. The quantitative estimate of drug-likeness (QED) is 0.518. The lowest BCUT2D eigenvalue weighted by Gasteiger charge is -2.27. The zero-order valence-electron chi connectivity index (χ0n) is 7.70. The van der Waals surface area contributed by atoms with Gasteiger partial charge in [-0.1, -0.05) is 0 Å². The van der Waals surface area contributed by atoms with Gasteiger partial charge in [-0.25, -0.2) is 4.57 Å². The van der Waals surface area contributed by atoms with Gasteiger partial charge in [0, 0.05) is 0 Å². The number of hydrogen-bond donors (Lipinski definition) is 0. The minimum atomic E-state index is -3.17. The molecule has 12 heavy (non-hydrogen) atoms. The van der Waals surface area contributed by atoms with E-state index in [1.165, 1.54) is 0 Å². The summed E-state index contributed by atoms with van der Waals surface area (Å²) in [6, 6.07) is 0. The summed E-state index contributed by atoms with van der Waals surface area (Å²) < 4.78 is 26.9. The maximum atomic E-state index is 11.6. The Bertz CT molecular complexity index is 190. The lowest BCUT2D eigenvalue weighted by Crippen LogP contribution is -2.26. The van der Waals surface area contributed by atoms with Crippen molar-refractivity contribution in [2.75, 3.05) is 13.2 Å². The Morgan fingerprint density at radius 2 is 1.75 bits per heavy atom. The highest BCUT2D eigenvalue weighted by atomic mass is 31.2. The molecule has 1 saturated heterocycles. The molecule has 0 spiro atoms. The van der Waals surface area contributed by atoms with Gasteiger partial charge in [-0.3, -0.25) is 9.05 Å². The lowest BCUT2D eigenvalue weighted by molar-refractivity contribution is 0.105. The minimum Gasteiger partial charge on any atom is -0.330 e. The Morgan fingerprint density at radius 3 is 2.17 bits per heavy atom. The highest BCUT2D eigenvalue weighted by Gasteiger charge is 2.35. The molecule has 0 aromatic rings. The molecule has 0 aliphatic carbocycles. The van der Waals surface area contributed by atoms with Crippen LogP contribution >= 0.6 is 7.82 Å². The Morgan fingerprint density at radius 1 is 1.25 bits per heavy atom. The first-order valence-electron chi connectivity index (χ1n) is 4.01. The van der Waals surface area contributed by atoms with E-state index >= 15 is 0 Å². The van der Waals surface area contributed by atoms with Crippen molar-refractivity contribution in [3.63, 3.8) is 0 Å². The van der Waals surface area contributed by atoms with Gasteiger partial charge in [-0.2, -0.15) is 0 Å². The summed E-state index contributed by atoms with van der Waals surface area (Å²) in [6.07, 6.45) is 0.791. The van der Waals surface area contributed by atoms with E-state index in [0.717, 1.165) is 6.42 Å². The van der Waals surface area contributed by atoms with Crippen molar-refractivity contribution >= 4 is 16.1 Å². The lowest BCUT2D eigenvalue weighted by atomic mass is 10.5. The molecule has 6 heteroatoms. The van der Waals surface area contributed by atoms with Crippen molar-refractivity contribution in [1.82, 2.24) is 0 Å². The molecule has 1 rings (SSSR count). The SMILES string of the molecule is C[Si](C)(C)OP1(=O)OCCCO1. The number of phosphoric ester groups is 1. The third-order valence-electron chi connectivity index (χ3n) is 1.17. The molecule has 0 unspecified atom stereocenters. The summed E-state index contributed by atoms with van der Waals surface area (Å²) in [5, 5.41) is 0. The van der Waals surface area contributed by atoms with Gasteiger partial charge in [0.25, 0.3) is 0 Å². The number of hydrogen-bond acceptors (Lipinski definition) is 4. The predicted molar refractivity (Wildman–Crippen MR) is 48.6 cm³/mol. The van der Waals surface area contributed by atoms with Crippen LogP contribution in [0.4, 0.5) is 0 Å². The molecule has 0 saturated carbocycles. The van der Waals surface area contributed by atoms with Crippen molar-refractivity contribution in [1.29, 1.82) is 0 Å². The molecule has 1 heterocycles. The van der Waals surface area contributed by atoms with Gasteiger partial charge in [0.2, 0.25) is 0 Å². The summed E-state index contributed by atoms with van der Waals surface area (Å²) in [6.45, 7) is 6.81. The van der Waals surface area contributed by atoms with E-state index in [2.05, 4.69) is 0 Å². The molecule has 0 amide bonds. The van der Waals surface area contributed by atoms with Crippen LogP contribution in [0.25, 0.3) is 0 Å². The Labute approximate surface area is 74.0 Å². The Hall–Kier alpha value is 0.327. The zero-order valence-corrected chi connectivity index (χ0v) is 9.60. The first kappa shape index (κ1) is 10.4. The third-order valence-corrected chi connectivity index (χ3v) is 5.26. The molecule has 0 aromatic carbocycles. The highest BCUT2D eigenvalue weighted by molar-refractivity contribution is 7.50. The second-order valence-electron chi connectivity index (χ2n) is 3.67. The maximum absolute atomic E-state index is 11.6. The van der Waals surface area contributed by atoms with Gasteiger partial charge in [-0.15, -0.1) is 0 Å². The summed E-state index contributed by atoms with van der Waals surface area (Å²) in [5.74, 6) is 0. The average Bonchev–Trinajstić information content (AvgIpc) is 1.83. The first-order chi connectivity index (χ1) is 5.41. The standard InChI is InChI=1S/C6H15O4PSi/c1-12(2,3)10-11(7)8-5-4-6-9-11/h4-6H2,1-3H3. The zero-order chi connectivity index (χ0) is 9.24. The summed E-state index contributed by atoms with van der Waals surface area (Å²) in [4.78, 5) is 0. The first-order valence-corrected chi connectivity index (χ1v) is 8.88. The fourth-order valence-corrected chi connectivity index (χ4v) is 4.72. The molecule has 1 aliphatic heterocycles. The van der Waals surface area contributed by atoms with Gasteiger partial charge < -0.3 is 4.21 Å². The molecule has 1 fully saturated rings. The van der Waals surface area contributed by atoms with Crippen molar-refractivity contribution in [3.8, 4) is 0 Å². The van der Waals surface area contributed by atoms with E-state index in [0.29, 0.717) is 13.2 Å². The fourth-order valence-electron chi connectivity index (χ4n) is 0.837. The molecule has 4 nitrogen and oxygen atoms in total. The van der Waals surface area contributed by atoms with Crippen LogP contribution in [0.3, 0.4) is 0 Å². The monoisotopic (exact) mass is 210 g/mol. The van der Waals surface area contributed by atoms with Crippen molar-refractivity contribution < 1.29 is 17.8 Å². The van der Waals surface area contributed by atoms with Crippen LogP contribution in [0.2, 0.25) is 19.6 Å². The van der Waals surface area contributed by atoms with E-state index in [9.17, 15) is 4.57 Å². The summed E-state index contributed by atoms with van der Waals surface area (Å²) in [5.41, 5.74) is 0. The predicted octanol–water partition coefficient (Wildman–Crippen LogP) is 2.38. The maximum Gasteiger partial charge on any atom is 0.464 e. The van der Waals surface area contributed by atoms with Crippen LogP contribution in [-0.2, 0) is 17.8 Å². The van der Waals surface area contributed by atoms with Gasteiger partial charge in [-0.05, 0) is 26.1 Å². The van der Waals surface area contributed by atoms with Crippen LogP contribution in [0.15, 0.2) is 0 Å². The highest BCUT2D eigenvalue weighted by Crippen LogP contribution is 2.53. The van der Waals surface area contributed by atoms with Gasteiger partial charge in [0.15, 0.2) is 8.32 Å². The van der Waals surface area contributed by atoms with Crippen LogP contribution in [0.1, 0.15) is 6.42 Å². The Kier molecular flexibility index (Phi) is 3.12. The molecule has 0 aromatic heterocycles. The normalized spacial score (nSPS) is 23.9. The van der Waals surface area contributed by atoms with Gasteiger partial charge >= 0.3 is 7.82 Å². The molecule has 0 atom stereocenters. The van der Waals surface area contributed by atoms with E-state index in [-0.39, 0.29) is 0 Å². The molecule has 72 valence electrons. The van der Waals surface area contributed by atoms with Crippen molar-refractivity contribution in [3.05, 3.63) is 0 Å². The van der Waals surface area contributed by atoms with Crippen molar-refractivity contribution in [2.45, 2.75) is 26.1 Å². The topological polar surface area (TPSA) is 44.8 Å². The molecular formula is C6H15O4PSi. The minimum absolute atomic E-state index is 0.474. The van der Waals surface area contributed by atoms with Gasteiger partial charge in [0.05, 0.1) is 13.2 Å². The van der Waals surface area contributed by atoms with E-state index in [1.54, 1.807) is 0 Å². The fraction of sp³-hybridized carbons (Fsp3) is 1.00. The molecule has 0 bridgehead atoms. The van der Waals surface area contributed by atoms with E-state index in [4.69, 9.17) is 13.3 Å². The summed E-state index contributed by atoms with van der Waals surface area (Å²) in [7, 11) is -5.00. The van der Waals surface area contributed by atoms with Crippen LogP contribution in [0, 0.1) is 0 Å². The number of rotatable bonds is 2. The van der Waals surface area contributed by atoms with Crippen LogP contribution in [-0.4, -0.2) is 21.5 Å². The molecular weight excluding hydrogens is 195 g/mol. The third kappa shape index (κ3) is 3.37. The molecule has 0 radical (unpaired) electrons. The molecule has 1 aliphatic rings. The Balaban J connectivity index is 2.53. The largest absolute Gasteiger partial charge is 0.464 e. The van der Waals surface area contributed by atoms with Crippen LogP contribution in [0.5, 0.6) is 0 Å². The van der Waals surface area contributed by atoms with Crippen LogP contribution < -0.4 is 0 Å². The second kappa shape index (κ2) is 3.60. The summed E-state index contributed by atoms with van der Waals surface area (Å²) >= 11 is 0. The van der Waals surface area contributed by atoms with Gasteiger partial charge in [0.1, 0.15) is 0 Å².